The van der Waals surface area contributed by atoms with E-state index in [1.807, 2.05) is 49.4 Å². The molecule has 10 heteroatoms. The van der Waals surface area contributed by atoms with Crippen LogP contribution >= 0.6 is 11.3 Å². The second kappa shape index (κ2) is 9.63. The molecule has 39 heavy (non-hydrogen) atoms. The number of hydrogen-bond donors (Lipinski definition) is 1. The third-order valence-corrected chi connectivity index (χ3v) is 8.26. The number of urea groups is 1. The first kappa shape index (κ1) is 24.7. The fraction of sp³-hybridized carbons (Fsp3) is 0.207. The number of piperidine rings is 1. The lowest BCUT2D eigenvalue weighted by Crippen LogP contribution is -2.56. The van der Waals surface area contributed by atoms with Gasteiger partial charge in [0.05, 0.1) is 34.2 Å². The van der Waals surface area contributed by atoms with Crippen LogP contribution in [-0.4, -0.2) is 51.8 Å². The summed E-state index contributed by atoms with van der Waals surface area (Å²) in [5.41, 5.74) is 9.99. The van der Waals surface area contributed by atoms with Gasteiger partial charge in [-0.05, 0) is 44.0 Å². The highest BCUT2D eigenvalue weighted by Gasteiger charge is 2.42. The first-order valence-corrected chi connectivity index (χ1v) is 13.5. The number of carbonyl (C=O) groups is 3. The van der Waals surface area contributed by atoms with Gasteiger partial charge in [-0.3, -0.25) is 24.4 Å². The minimum atomic E-state index is -0.619. The normalized spacial score (nSPS) is 17.0. The van der Waals surface area contributed by atoms with Gasteiger partial charge in [0, 0.05) is 30.5 Å². The number of nitrogens with two attached hydrogens (primary N) is 1. The average molecular weight is 539 g/mol. The SMILES string of the molecule is C=CC(=O)N1CCCC(N2C(=O)N(c3cc(C)nc(-c4ccccc4)c3)c3ccnc4sc(C(N)=O)c2c34)C1. The van der Waals surface area contributed by atoms with Gasteiger partial charge in [-0.25, -0.2) is 9.78 Å². The highest BCUT2D eigenvalue weighted by molar-refractivity contribution is 7.21. The second-order valence-electron chi connectivity index (χ2n) is 9.64. The van der Waals surface area contributed by atoms with E-state index in [1.165, 1.54) is 17.4 Å². The Bertz CT molecular complexity index is 1650. The molecule has 1 atom stereocenters. The van der Waals surface area contributed by atoms with Crippen LogP contribution in [0.25, 0.3) is 21.5 Å². The van der Waals surface area contributed by atoms with Crippen molar-refractivity contribution >= 4 is 56.5 Å². The molecule has 1 unspecified atom stereocenters. The van der Waals surface area contributed by atoms with Crippen LogP contribution < -0.4 is 15.5 Å². The van der Waals surface area contributed by atoms with Gasteiger partial charge in [0.15, 0.2) is 0 Å². The zero-order chi connectivity index (χ0) is 27.3. The zero-order valence-electron chi connectivity index (χ0n) is 21.3. The number of anilines is 3. The lowest BCUT2D eigenvalue weighted by Gasteiger charge is -2.43. The molecular weight excluding hydrogens is 512 g/mol. The molecule has 4 aromatic rings. The number of likely N-dealkylation sites (tertiary alicyclic amines) is 1. The number of aromatic nitrogens is 2. The molecule has 2 N–H and O–H groups in total. The van der Waals surface area contributed by atoms with Crippen molar-refractivity contribution in [1.82, 2.24) is 14.9 Å². The first-order chi connectivity index (χ1) is 18.9. The Labute approximate surface area is 229 Å². The molecule has 0 spiro atoms. The van der Waals surface area contributed by atoms with E-state index in [0.29, 0.717) is 53.2 Å². The molecule has 2 aliphatic rings. The highest BCUT2D eigenvalue weighted by Crippen LogP contribution is 2.49. The zero-order valence-corrected chi connectivity index (χ0v) is 22.1. The molecule has 1 fully saturated rings. The van der Waals surface area contributed by atoms with Crippen molar-refractivity contribution in [2.45, 2.75) is 25.8 Å². The van der Waals surface area contributed by atoms with E-state index in [4.69, 9.17) is 10.7 Å². The maximum atomic E-state index is 14.5. The van der Waals surface area contributed by atoms with Gasteiger partial charge in [-0.2, -0.15) is 0 Å². The molecule has 2 aliphatic heterocycles. The van der Waals surface area contributed by atoms with Gasteiger partial charge in [-0.15, -0.1) is 11.3 Å². The number of rotatable bonds is 5. The van der Waals surface area contributed by atoms with Crippen LogP contribution in [0.15, 0.2) is 67.4 Å². The van der Waals surface area contributed by atoms with Gasteiger partial charge in [0.2, 0.25) is 5.91 Å². The molecule has 3 aromatic heterocycles. The topological polar surface area (TPSA) is 113 Å². The number of thiophene rings is 1. The number of nitrogens with zero attached hydrogens (tertiary/aromatic N) is 5. The molecule has 9 nitrogen and oxygen atoms in total. The van der Waals surface area contributed by atoms with Crippen molar-refractivity contribution in [1.29, 1.82) is 0 Å². The van der Waals surface area contributed by atoms with E-state index < -0.39 is 5.91 Å². The second-order valence-corrected chi connectivity index (χ2v) is 10.6. The van der Waals surface area contributed by atoms with Gasteiger partial charge < -0.3 is 10.6 Å². The summed E-state index contributed by atoms with van der Waals surface area (Å²) in [6.45, 7) is 6.41. The number of aryl methyl sites for hydroxylation is 1. The molecule has 6 rings (SSSR count). The molecule has 1 saturated heterocycles. The van der Waals surface area contributed by atoms with Crippen molar-refractivity contribution in [3.8, 4) is 11.3 Å². The molecule has 5 heterocycles. The number of carbonyl (C=O) groups excluding carboxylic acids is 3. The summed E-state index contributed by atoms with van der Waals surface area (Å²) in [4.78, 5) is 54.8. The fourth-order valence-corrected chi connectivity index (χ4v) is 6.51. The predicted octanol–water partition coefficient (Wildman–Crippen LogP) is 5.02. The lowest BCUT2D eigenvalue weighted by atomic mass is 10.0. The summed E-state index contributed by atoms with van der Waals surface area (Å²) < 4.78 is 0. The molecule has 0 bridgehead atoms. The highest BCUT2D eigenvalue weighted by atomic mass is 32.1. The summed E-state index contributed by atoms with van der Waals surface area (Å²) in [6, 6.07) is 14.7. The monoisotopic (exact) mass is 538 g/mol. The first-order valence-electron chi connectivity index (χ1n) is 12.7. The largest absolute Gasteiger partial charge is 0.365 e. The Morgan fingerprint density at radius 3 is 2.72 bits per heavy atom. The summed E-state index contributed by atoms with van der Waals surface area (Å²) in [5.74, 6) is -0.808. The van der Waals surface area contributed by atoms with Crippen LogP contribution in [-0.2, 0) is 4.79 Å². The van der Waals surface area contributed by atoms with E-state index in [1.54, 1.807) is 27.0 Å². The number of amides is 4. The summed E-state index contributed by atoms with van der Waals surface area (Å²) in [5, 5.41) is 0.693. The van der Waals surface area contributed by atoms with Crippen molar-refractivity contribution in [3.05, 3.63) is 78.0 Å². The van der Waals surface area contributed by atoms with Crippen molar-refractivity contribution in [2.24, 2.45) is 5.73 Å². The Kier molecular flexibility index (Phi) is 6.11. The fourth-order valence-electron chi connectivity index (χ4n) is 5.50. The van der Waals surface area contributed by atoms with Crippen LogP contribution in [0.2, 0.25) is 0 Å². The smallest absolute Gasteiger partial charge is 0.334 e. The molecule has 1 aromatic carbocycles. The van der Waals surface area contributed by atoms with E-state index in [2.05, 4.69) is 11.6 Å². The van der Waals surface area contributed by atoms with Gasteiger partial charge in [0.1, 0.15) is 9.71 Å². The van der Waals surface area contributed by atoms with Gasteiger partial charge in [0.25, 0.3) is 5.91 Å². The van der Waals surface area contributed by atoms with Gasteiger partial charge >= 0.3 is 6.03 Å². The number of benzene rings is 1. The summed E-state index contributed by atoms with van der Waals surface area (Å²) in [7, 11) is 0. The Hall–Kier alpha value is -4.57. The molecule has 4 amide bonds. The lowest BCUT2D eigenvalue weighted by molar-refractivity contribution is -0.127. The van der Waals surface area contributed by atoms with Crippen LogP contribution in [0, 0.1) is 6.92 Å². The quantitative estimate of drug-likeness (QED) is 0.359. The number of primary amides is 1. The molecule has 196 valence electrons. The Morgan fingerprint density at radius 2 is 1.97 bits per heavy atom. The van der Waals surface area contributed by atoms with Gasteiger partial charge in [-0.1, -0.05) is 36.9 Å². The van der Waals surface area contributed by atoms with Crippen LogP contribution in [0.5, 0.6) is 0 Å². The van der Waals surface area contributed by atoms with E-state index in [0.717, 1.165) is 17.0 Å². The Morgan fingerprint density at radius 1 is 1.18 bits per heavy atom. The maximum Gasteiger partial charge on any atom is 0.334 e. The minimum absolute atomic E-state index is 0.189. The summed E-state index contributed by atoms with van der Waals surface area (Å²) >= 11 is 1.18. The molecule has 0 aliphatic carbocycles. The van der Waals surface area contributed by atoms with Crippen molar-refractivity contribution < 1.29 is 14.4 Å². The van der Waals surface area contributed by atoms with E-state index >= 15 is 0 Å². The summed E-state index contributed by atoms with van der Waals surface area (Å²) in [6.07, 6.45) is 4.29. The third kappa shape index (κ3) is 4.13. The number of hydrogen-bond acceptors (Lipinski definition) is 6. The van der Waals surface area contributed by atoms with Crippen LogP contribution in [0.3, 0.4) is 0 Å². The average Bonchev–Trinajstić information content (AvgIpc) is 3.34. The Balaban J connectivity index is 1.56. The minimum Gasteiger partial charge on any atom is -0.365 e. The van der Waals surface area contributed by atoms with Crippen LogP contribution in [0.1, 0.15) is 28.2 Å². The maximum absolute atomic E-state index is 14.5. The van der Waals surface area contributed by atoms with E-state index in [-0.39, 0.29) is 22.9 Å². The van der Waals surface area contributed by atoms with Crippen molar-refractivity contribution in [2.75, 3.05) is 22.9 Å². The van der Waals surface area contributed by atoms with E-state index in [9.17, 15) is 14.4 Å². The standard InChI is InChI=1S/C29H26N6O3S/c1-3-23(36)33-13-7-10-19(16-33)35-25-24-22(11-12-31-28(24)39-26(25)27(30)37)34(29(35)38)20-14-17(2)32-21(15-20)18-8-5-4-6-9-18/h3-6,8-9,11-12,14-15,19H,1,7,10,13,16H2,2H3,(H2,30,37). The number of pyridine rings is 2. The molecule has 0 saturated carbocycles. The van der Waals surface area contributed by atoms with Crippen LogP contribution in [0.4, 0.5) is 21.9 Å². The molecular formula is C29H26N6O3S. The van der Waals surface area contributed by atoms with Crippen molar-refractivity contribution in [3.63, 3.8) is 0 Å². The molecule has 0 radical (unpaired) electrons. The predicted molar refractivity (Wildman–Crippen MR) is 152 cm³/mol. The third-order valence-electron chi connectivity index (χ3n) is 7.16.